The first-order valence-electron chi connectivity index (χ1n) is 1.92. The Labute approximate surface area is 63.4 Å². The van der Waals surface area contributed by atoms with Crippen molar-refractivity contribution in [2.75, 3.05) is 0 Å². The molecule has 1 heterocycles. The highest BCUT2D eigenvalue weighted by Gasteiger charge is 1.93. The SMILES string of the molecule is C.C#C.Oc1csc(F)n1. The van der Waals surface area contributed by atoms with Crippen LogP contribution in [0.25, 0.3) is 0 Å². The van der Waals surface area contributed by atoms with Crippen molar-refractivity contribution in [3.63, 3.8) is 0 Å². The van der Waals surface area contributed by atoms with Crippen LogP contribution in [-0.2, 0) is 0 Å². The molecule has 2 nitrogen and oxygen atoms in total. The van der Waals surface area contributed by atoms with Crippen molar-refractivity contribution in [1.29, 1.82) is 0 Å². The lowest BCUT2D eigenvalue weighted by Gasteiger charge is -1.68. The van der Waals surface area contributed by atoms with Crippen molar-refractivity contribution in [2.24, 2.45) is 0 Å². The van der Waals surface area contributed by atoms with Gasteiger partial charge in [-0.15, -0.1) is 12.8 Å². The van der Waals surface area contributed by atoms with Gasteiger partial charge in [0.1, 0.15) is 0 Å². The molecule has 0 spiro atoms. The lowest BCUT2D eigenvalue weighted by atomic mass is 10.9. The Kier molecular flexibility index (Phi) is 7.06. The third-order valence-corrected chi connectivity index (χ3v) is 1.08. The predicted molar refractivity (Wildman–Crippen MR) is 40.4 cm³/mol. The highest BCUT2D eigenvalue weighted by atomic mass is 32.1. The quantitative estimate of drug-likeness (QED) is 0.589. The van der Waals surface area contributed by atoms with Crippen molar-refractivity contribution in [1.82, 2.24) is 4.98 Å². The maximum atomic E-state index is 11.7. The summed E-state index contributed by atoms with van der Waals surface area (Å²) in [6, 6.07) is 0. The van der Waals surface area contributed by atoms with Crippen molar-refractivity contribution in [2.45, 2.75) is 7.43 Å². The highest BCUT2D eigenvalue weighted by molar-refractivity contribution is 7.08. The number of thiazole rings is 1. The molecule has 0 amide bonds. The smallest absolute Gasteiger partial charge is 0.272 e. The number of halogens is 1. The van der Waals surface area contributed by atoms with Gasteiger partial charge in [-0.3, -0.25) is 0 Å². The first kappa shape index (κ1) is 11.7. The number of rotatable bonds is 0. The van der Waals surface area contributed by atoms with Gasteiger partial charge >= 0.3 is 0 Å². The first-order chi connectivity index (χ1) is 4.29. The first-order valence-corrected chi connectivity index (χ1v) is 2.80. The number of hydrogen-bond donors (Lipinski definition) is 1. The van der Waals surface area contributed by atoms with Gasteiger partial charge in [0.25, 0.3) is 5.26 Å². The van der Waals surface area contributed by atoms with E-state index in [1.807, 2.05) is 0 Å². The Bertz CT molecular complexity index is 180. The Morgan fingerprint density at radius 2 is 2.10 bits per heavy atom. The third kappa shape index (κ3) is 3.87. The van der Waals surface area contributed by atoms with Gasteiger partial charge in [0, 0.05) is 0 Å². The summed E-state index contributed by atoms with van der Waals surface area (Å²) in [6.45, 7) is 0. The van der Waals surface area contributed by atoms with Gasteiger partial charge in [0.05, 0.1) is 5.38 Å². The summed E-state index contributed by atoms with van der Waals surface area (Å²) >= 11 is 0.777. The minimum Gasteiger partial charge on any atom is -0.493 e. The van der Waals surface area contributed by atoms with E-state index in [-0.39, 0.29) is 13.3 Å². The average molecular weight is 161 g/mol. The Hall–Kier alpha value is -1.08. The van der Waals surface area contributed by atoms with E-state index in [9.17, 15) is 4.39 Å². The molecule has 0 aromatic carbocycles. The molecule has 0 fully saturated rings. The summed E-state index contributed by atoms with van der Waals surface area (Å²) < 4.78 is 11.7. The molecule has 1 aromatic rings. The molecule has 10 heavy (non-hydrogen) atoms. The summed E-state index contributed by atoms with van der Waals surface area (Å²) in [4.78, 5) is 3.02. The van der Waals surface area contributed by atoms with Gasteiger partial charge in [-0.25, -0.2) is 0 Å². The molecule has 0 bridgehead atoms. The van der Waals surface area contributed by atoms with E-state index < -0.39 is 5.26 Å². The van der Waals surface area contributed by atoms with Crippen LogP contribution in [0.3, 0.4) is 0 Å². The van der Waals surface area contributed by atoms with Gasteiger partial charge in [0.15, 0.2) is 0 Å². The van der Waals surface area contributed by atoms with E-state index in [0.717, 1.165) is 11.3 Å². The topological polar surface area (TPSA) is 33.1 Å². The van der Waals surface area contributed by atoms with Crippen LogP contribution >= 0.6 is 11.3 Å². The maximum Gasteiger partial charge on any atom is 0.272 e. The summed E-state index contributed by atoms with van der Waals surface area (Å²) in [6.07, 6.45) is 8.00. The molecule has 0 radical (unpaired) electrons. The Balaban J connectivity index is 0. The fourth-order valence-corrected chi connectivity index (χ4v) is 0.646. The van der Waals surface area contributed by atoms with Gasteiger partial charge in [-0.05, 0) is 0 Å². The summed E-state index contributed by atoms with van der Waals surface area (Å²) in [5, 5.41) is 8.94. The van der Waals surface area contributed by atoms with Crippen molar-refractivity contribution >= 4 is 11.3 Å². The van der Waals surface area contributed by atoms with E-state index >= 15 is 0 Å². The molecule has 0 atom stereocenters. The molecule has 0 aliphatic rings. The Morgan fingerprint density at radius 3 is 2.20 bits per heavy atom. The molecule has 0 unspecified atom stereocenters. The fraction of sp³-hybridized carbons (Fsp3) is 0.167. The van der Waals surface area contributed by atoms with Gasteiger partial charge < -0.3 is 5.11 Å². The van der Waals surface area contributed by atoms with E-state index in [2.05, 4.69) is 17.8 Å². The molecule has 0 aliphatic carbocycles. The summed E-state index contributed by atoms with van der Waals surface area (Å²) in [5.41, 5.74) is 0. The zero-order chi connectivity index (χ0) is 7.28. The zero-order valence-electron chi connectivity index (χ0n) is 4.41. The molecule has 56 valence electrons. The van der Waals surface area contributed by atoms with Gasteiger partial charge in [0.2, 0.25) is 5.88 Å². The third-order valence-electron chi connectivity index (χ3n) is 0.464. The van der Waals surface area contributed by atoms with Gasteiger partial charge in [-0.2, -0.15) is 9.37 Å². The van der Waals surface area contributed by atoms with Crippen molar-refractivity contribution < 1.29 is 9.50 Å². The largest absolute Gasteiger partial charge is 0.493 e. The average Bonchev–Trinajstić information content (AvgIpc) is 2.20. The molecule has 1 N–H and O–H groups in total. The van der Waals surface area contributed by atoms with Crippen molar-refractivity contribution in [3.8, 4) is 18.7 Å². The number of terminal acetylenes is 1. The number of nitrogens with zero attached hydrogens (tertiary/aromatic N) is 1. The maximum absolute atomic E-state index is 11.7. The zero-order valence-corrected chi connectivity index (χ0v) is 5.23. The second-order valence-electron chi connectivity index (χ2n) is 0.959. The summed E-state index contributed by atoms with van der Waals surface area (Å²) in [7, 11) is 0. The summed E-state index contributed by atoms with van der Waals surface area (Å²) in [5.74, 6) is -0.248. The number of hydrogen-bond acceptors (Lipinski definition) is 3. The van der Waals surface area contributed by atoms with E-state index in [1.165, 1.54) is 5.38 Å². The number of aromatic hydroxyl groups is 1. The van der Waals surface area contributed by atoms with Crippen LogP contribution in [0.4, 0.5) is 4.39 Å². The lowest BCUT2D eigenvalue weighted by Crippen LogP contribution is -1.62. The monoisotopic (exact) mass is 161 g/mol. The van der Waals surface area contributed by atoms with Crippen LogP contribution in [-0.4, -0.2) is 10.1 Å². The molecular formula is C6H8FNOS. The Morgan fingerprint density at radius 1 is 1.60 bits per heavy atom. The molecular weight excluding hydrogens is 153 g/mol. The molecule has 0 aliphatic heterocycles. The molecule has 1 rings (SSSR count). The minimum atomic E-state index is -0.600. The predicted octanol–water partition coefficient (Wildman–Crippen LogP) is 1.87. The van der Waals surface area contributed by atoms with Crippen LogP contribution in [0.5, 0.6) is 5.88 Å². The van der Waals surface area contributed by atoms with Crippen molar-refractivity contribution in [3.05, 3.63) is 10.6 Å². The lowest BCUT2D eigenvalue weighted by molar-refractivity contribution is 0.446. The molecule has 4 heteroatoms. The number of aromatic nitrogens is 1. The van der Waals surface area contributed by atoms with Crippen LogP contribution in [0, 0.1) is 18.1 Å². The normalized spacial score (nSPS) is 6.70. The van der Waals surface area contributed by atoms with Crippen LogP contribution in [0.1, 0.15) is 7.43 Å². The van der Waals surface area contributed by atoms with Crippen LogP contribution in [0.2, 0.25) is 0 Å². The van der Waals surface area contributed by atoms with Gasteiger partial charge in [-0.1, -0.05) is 18.8 Å². The van der Waals surface area contributed by atoms with Crippen LogP contribution < -0.4 is 0 Å². The van der Waals surface area contributed by atoms with E-state index in [1.54, 1.807) is 0 Å². The van der Waals surface area contributed by atoms with E-state index in [4.69, 9.17) is 5.11 Å². The highest BCUT2D eigenvalue weighted by Crippen LogP contribution is 2.11. The molecule has 1 aromatic heterocycles. The van der Waals surface area contributed by atoms with Crippen LogP contribution in [0.15, 0.2) is 5.38 Å². The molecule has 0 saturated heterocycles. The standard InChI is InChI=1S/C3H2FNOS.C2H2.CH4/c4-3-5-2(6)1-7-3;1-2;/h1,6H;1-2H;1H4. The minimum absolute atomic E-state index is 0. The van der Waals surface area contributed by atoms with E-state index in [0.29, 0.717) is 0 Å². The second kappa shape index (κ2) is 6.05. The second-order valence-corrected chi connectivity index (χ2v) is 1.77. The molecule has 0 saturated carbocycles. The fourth-order valence-electron chi connectivity index (χ4n) is 0.244.